The van der Waals surface area contributed by atoms with Crippen molar-refractivity contribution in [3.63, 3.8) is 0 Å². The number of amides is 1. The molecule has 1 saturated heterocycles. The molecule has 0 aliphatic carbocycles. The van der Waals surface area contributed by atoms with E-state index in [0.29, 0.717) is 30.1 Å². The Hall–Kier alpha value is -3.76. The number of nitrogens with zero attached hydrogens (tertiary/aromatic N) is 6. The van der Waals surface area contributed by atoms with Crippen molar-refractivity contribution < 1.29 is 9.53 Å². The van der Waals surface area contributed by atoms with Crippen molar-refractivity contribution in [1.29, 1.82) is 0 Å². The molecule has 1 aromatic carbocycles. The number of nitrogens with one attached hydrogen (secondary N) is 2. The third-order valence-electron chi connectivity index (χ3n) is 7.13. The Bertz CT molecular complexity index is 1460. The van der Waals surface area contributed by atoms with Gasteiger partial charge in [-0.05, 0) is 45.7 Å². The van der Waals surface area contributed by atoms with E-state index in [9.17, 15) is 4.79 Å². The highest BCUT2D eigenvalue weighted by molar-refractivity contribution is 6.06. The van der Waals surface area contributed by atoms with Crippen molar-refractivity contribution in [2.75, 3.05) is 18.5 Å². The van der Waals surface area contributed by atoms with Gasteiger partial charge in [0.2, 0.25) is 5.91 Å². The second kappa shape index (κ2) is 8.72. The smallest absolute Gasteiger partial charge is 0.249 e. The van der Waals surface area contributed by atoms with Crippen LogP contribution in [0.4, 0.5) is 5.69 Å². The molecule has 1 unspecified atom stereocenters. The van der Waals surface area contributed by atoms with Crippen LogP contribution in [0, 0.1) is 6.92 Å². The number of aromatic nitrogens is 6. The highest BCUT2D eigenvalue weighted by Crippen LogP contribution is 2.39. The average molecular weight is 485 g/mol. The van der Waals surface area contributed by atoms with E-state index in [2.05, 4.69) is 37.5 Å². The Labute approximate surface area is 208 Å². The van der Waals surface area contributed by atoms with Crippen LogP contribution in [0.15, 0.2) is 36.9 Å². The quantitative estimate of drug-likeness (QED) is 0.428. The van der Waals surface area contributed by atoms with E-state index in [1.165, 1.54) is 0 Å². The normalized spacial score (nSPS) is 21.2. The molecule has 0 radical (unpaired) electrons. The van der Waals surface area contributed by atoms with Gasteiger partial charge in [0.05, 0.1) is 11.7 Å². The lowest BCUT2D eigenvalue weighted by molar-refractivity contribution is -0.121. The average Bonchev–Trinajstić information content (AvgIpc) is 3.60. The van der Waals surface area contributed by atoms with Gasteiger partial charge in [0.1, 0.15) is 34.7 Å². The van der Waals surface area contributed by atoms with Crippen molar-refractivity contribution in [2.24, 2.45) is 0 Å². The van der Waals surface area contributed by atoms with Crippen LogP contribution in [0.5, 0.6) is 0 Å². The van der Waals surface area contributed by atoms with Crippen molar-refractivity contribution >= 4 is 22.8 Å². The maximum absolute atomic E-state index is 13.0. The van der Waals surface area contributed by atoms with Gasteiger partial charge in [-0.25, -0.2) is 24.9 Å². The van der Waals surface area contributed by atoms with Gasteiger partial charge >= 0.3 is 0 Å². The fraction of sp³-hybridized carbons (Fsp3) is 0.385. The number of ether oxygens (including phenoxy) is 1. The van der Waals surface area contributed by atoms with Crippen molar-refractivity contribution in [3.8, 4) is 22.6 Å². The van der Waals surface area contributed by atoms with Crippen LogP contribution in [0.3, 0.4) is 0 Å². The first-order chi connectivity index (χ1) is 17.5. The summed E-state index contributed by atoms with van der Waals surface area (Å²) in [6, 6.07) is 5.92. The van der Waals surface area contributed by atoms with Gasteiger partial charge in [0, 0.05) is 48.9 Å². The molecule has 5 heterocycles. The Morgan fingerprint density at radius 3 is 2.78 bits per heavy atom. The maximum Gasteiger partial charge on any atom is 0.249 e. The highest BCUT2D eigenvalue weighted by atomic mass is 16.5. The molecular formula is C26H28N8O2. The Morgan fingerprint density at radius 1 is 1.19 bits per heavy atom. The maximum atomic E-state index is 13.0. The van der Waals surface area contributed by atoms with Gasteiger partial charge in [-0.1, -0.05) is 6.07 Å². The van der Waals surface area contributed by atoms with E-state index < -0.39 is 5.54 Å². The molecule has 2 aliphatic heterocycles. The zero-order valence-corrected chi connectivity index (χ0v) is 20.6. The minimum absolute atomic E-state index is 0.0719. The Balaban J connectivity index is 1.42. The topological polar surface area (TPSA) is 120 Å². The summed E-state index contributed by atoms with van der Waals surface area (Å²) in [5, 5.41) is 6.49. The van der Waals surface area contributed by atoms with Gasteiger partial charge in [0.15, 0.2) is 5.65 Å². The number of benzene rings is 1. The summed E-state index contributed by atoms with van der Waals surface area (Å²) in [4.78, 5) is 35.8. The molecule has 0 saturated carbocycles. The molecule has 6 rings (SSSR count). The molecule has 0 spiro atoms. The number of hydrogen-bond donors (Lipinski definition) is 2. The molecule has 0 bridgehead atoms. The fourth-order valence-corrected chi connectivity index (χ4v) is 5.06. The molecule has 2 atom stereocenters. The fourth-order valence-electron chi connectivity index (χ4n) is 5.06. The second-order valence-electron chi connectivity index (χ2n) is 9.45. The van der Waals surface area contributed by atoms with Crippen LogP contribution >= 0.6 is 0 Å². The number of aryl methyl sites for hydroxylation is 2. The molecule has 36 heavy (non-hydrogen) atoms. The second-order valence-corrected chi connectivity index (χ2v) is 9.45. The first-order valence-corrected chi connectivity index (χ1v) is 12.3. The van der Waals surface area contributed by atoms with Crippen molar-refractivity contribution in [3.05, 3.63) is 48.3 Å². The molecule has 2 N–H and O–H groups in total. The zero-order valence-electron chi connectivity index (χ0n) is 20.6. The third-order valence-corrected chi connectivity index (χ3v) is 7.13. The van der Waals surface area contributed by atoms with E-state index in [1.54, 1.807) is 18.7 Å². The van der Waals surface area contributed by atoms with E-state index in [4.69, 9.17) is 9.72 Å². The number of fused-ring (bicyclic) bond motifs is 2. The molecular weight excluding hydrogens is 456 g/mol. The van der Waals surface area contributed by atoms with E-state index in [1.807, 2.05) is 36.6 Å². The summed E-state index contributed by atoms with van der Waals surface area (Å²) >= 11 is 0. The van der Waals surface area contributed by atoms with E-state index in [-0.39, 0.29) is 12.0 Å². The molecule has 2 aliphatic rings. The van der Waals surface area contributed by atoms with Gasteiger partial charge < -0.3 is 14.6 Å². The number of carbonyl (C=O) groups excluding carboxylic acids is 1. The summed E-state index contributed by atoms with van der Waals surface area (Å²) < 4.78 is 7.80. The predicted octanol–water partition coefficient (Wildman–Crippen LogP) is 3.21. The summed E-state index contributed by atoms with van der Waals surface area (Å²) in [7, 11) is 0. The van der Waals surface area contributed by atoms with Crippen LogP contribution in [0.25, 0.3) is 33.8 Å². The van der Waals surface area contributed by atoms with E-state index >= 15 is 0 Å². The summed E-state index contributed by atoms with van der Waals surface area (Å²) in [5.41, 5.74) is 4.66. The van der Waals surface area contributed by atoms with Gasteiger partial charge in [-0.3, -0.25) is 10.1 Å². The van der Waals surface area contributed by atoms with E-state index in [0.717, 1.165) is 53.3 Å². The van der Waals surface area contributed by atoms with Gasteiger partial charge in [0.25, 0.3) is 0 Å². The largest absolute Gasteiger partial charge is 0.377 e. The molecule has 10 heteroatoms. The number of anilines is 1. The van der Waals surface area contributed by atoms with Crippen molar-refractivity contribution in [2.45, 2.75) is 51.8 Å². The summed E-state index contributed by atoms with van der Waals surface area (Å²) in [5.74, 6) is 1.38. The van der Waals surface area contributed by atoms with Crippen LogP contribution in [0.2, 0.25) is 0 Å². The number of hydrogen-bond acceptors (Lipinski definition) is 8. The van der Waals surface area contributed by atoms with Crippen LogP contribution in [-0.4, -0.2) is 54.6 Å². The minimum atomic E-state index is -0.864. The summed E-state index contributed by atoms with van der Waals surface area (Å²) in [6.45, 7) is 7.91. The highest BCUT2D eigenvalue weighted by Gasteiger charge is 2.43. The molecule has 1 fully saturated rings. The summed E-state index contributed by atoms with van der Waals surface area (Å²) in [6.07, 6.45) is 7.31. The zero-order chi connectivity index (χ0) is 24.9. The van der Waals surface area contributed by atoms with Crippen LogP contribution in [0.1, 0.15) is 38.1 Å². The van der Waals surface area contributed by atoms with Crippen LogP contribution in [-0.2, 0) is 21.6 Å². The lowest BCUT2D eigenvalue weighted by Gasteiger charge is -2.26. The van der Waals surface area contributed by atoms with Crippen molar-refractivity contribution in [1.82, 2.24) is 34.8 Å². The molecule has 4 aromatic rings. The number of imidazole rings is 1. The first-order valence-electron chi connectivity index (χ1n) is 12.3. The monoisotopic (exact) mass is 484 g/mol. The lowest BCUT2D eigenvalue weighted by atomic mass is 9.91. The van der Waals surface area contributed by atoms with Gasteiger partial charge in [-0.2, -0.15) is 0 Å². The molecule has 3 aromatic heterocycles. The first kappa shape index (κ1) is 22.7. The molecule has 1 amide bonds. The number of rotatable bonds is 6. The van der Waals surface area contributed by atoms with Crippen LogP contribution < -0.4 is 10.6 Å². The Morgan fingerprint density at radius 2 is 2.03 bits per heavy atom. The standard InChI is InChI=1S/C26H28N8O2/c1-4-34-23(17-11-27-15(2)28-12-17)33-22-21(29-14-30-24(22)34)16-7-8-20-19(10-16)26(3,25(35)32-20)31-13-18-6-5-9-36-18/h7-8,10-12,14,18,31H,4-6,9,13H2,1-3H3,(H,32,35)/t18-,26?/m1/s1. The number of carbonyl (C=O) groups is 1. The minimum Gasteiger partial charge on any atom is -0.377 e. The molecule has 184 valence electrons. The third kappa shape index (κ3) is 3.64. The Kier molecular flexibility index (Phi) is 5.50. The van der Waals surface area contributed by atoms with Gasteiger partial charge in [-0.15, -0.1) is 0 Å². The SMILES string of the molecule is CCn1c(-c2cnc(C)nc2)nc2c(-c3ccc4c(c3)C(C)(NC[C@H]3CCCO3)C(=O)N4)ncnc21. The predicted molar refractivity (Wildman–Crippen MR) is 135 cm³/mol. The molecule has 10 nitrogen and oxygen atoms in total. The lowest BCUT2D eigenvalue weighted by Crippen LogP contribution is -2.48.